The number of aromatic hydroxyl groups is 1. The van der Waals surface area contributed by atoms with E-state index >= 15 is 0 Å². The molecule has 2 rings (SSSR count). The molecule has 1 aliphatic carbocycles. The maximum atomic E-state index is 12.5. The molecule has 1 aliphatic rings. The number of benzene rings is 1. The van der Waals surface area contributed by atoms with E-state index < -0.39 is 5.41 Å². The van der Waals surface area contributed by atoms with Crippen LogP contribution < -0.4 is 0 Å². The van der Waals surface area contributed by atoms with Gasteiger partial charge in [-0.1, -0.05) is 12.1 Å². The summed E-state index contributed by atoms with van der Waals surface area (Å²) in [6.07, 6.45) is 2.12. The van der Waals surface area contributed by atoms with Gasteiger partial charge in [-0.3, -0.25) is 4.79 Å². The molecule has 0 saturated heterocycles. The number of phenolic OH excluding ortho intramolecular Hbond substituents is 1. The number of carbonyl (C=O) groups excluding carboxylic acids is 1. The molecule has 1 amide bonds. The highest BCUT2D eigenvalue weighted by molar-refractivity contribution is 6.19. The average molecular weight is 282 g/mol. The summed E-state index contributed by atoms with van der Waals surface area (Å²) in [5.41, 5.74) is 0.409. The maximum Gasteiger partial charge on any atom is 0.229 e. The number of carbonyl (C=O) groups is 1. The predicted molar refractivity (Wildman–Crippen MR) is 76.2 cm³/mol. The van der Waals surface area contributed by atoms with Gasteiger partial charge < -0.3 is 10.0 Å². The second-order valence-electron chi connectivity index (χ2n) is 5.85. The van der Waals surface area contributed by atoms with Gasteiger partial charge in [0.2, 0.25) is 5.91 Å². The third-order valence-corrected chi connectivity index (χ3v) is 4.09. The first-order chi connectivity index (χ1) is 8.94. The molecular weight excluding hydrogens is 262 g/mol. The van der Waals surface area contributed by atoms with Crippen LogP contribution >= 0.6 is 11.6 Å². The Bertz CT molecular complexity index is 469. The Morgan fingerprint density at radius 3 is 2.68 bits per heavy atom. The average Bonchev–Trinajstić information content (AvgIpc) is 3.19. The zero-order chi connectivity index (χ0) is 14.0. The van der Waals surface area contributed by atoms with Gasteiger partial charge in [0, 0.05) is 18.5 Å². The largest absolute Gasteiger partial charge is 0.508 e. The van der Waals surface area contributed by atoms with E-state index in [2.05, 4.69) is 0 Å². The van der Waals surface area contributed by atoms with E-state index in [9.17, 15) is 9.90 Å². The predicted octanol–water partition coefficient (Wildman–Crippen LogP) is 3.15. The van der Waals surface area contributed by atoms with Gasteiger partial charge in [-0.15, -0.1) is 11.6 Å². The second kappa shape index (κ2) is 5.41. The fourth-order valence-corrected chi connectivity index (χ4v) is 2.16. The van der Waals surface area contributed by atoms with E-state index in [-0.39, 0.29) is 11.7 Å². The first-order valence-electron chi connectivity index (χ1n) is 6.59. The highest BCUT2D eigenvalue weighted by atomic mass is 35.5. The van der Waals surface area contributed by atoms with Gasteiger partial charge in [0.1, 0.15) is 5.75 Å². The molecule has 0 heterocycles. The third kappa shape index (κ3) is 3.41. The van der Waals surface area contributed by atoms with Crippen molar-refractivity contribution >= 4 is 17.5 Å². The number of amides is 1. The number of alkyl halides is 1. The Labute approximate surface area is 119 Å². The molecule has 1 fully saturated rings. The van der Waals surface area contributed by atoms with Gasteiger partial charge in [0.05, 0.1) is 5.41 Å². The van der Waals surface area contributed by atoms with E-state index in [0.29, 0.717) is 18.5 Å². The van der Waals surface area contributed by atoms with Crippen LogP contribution in [0.1, 0.15) is 32.3 Å². The Hall–Kier alpha value is -1.22. The molecule has 19 heavy (non-hydrogen) atoms. The molecule has 1 N–H and O–H groups in total. The summed E-state index contributed by atoms with van der Waals surface area (Å²) in [5, 5.41) is 9.50. The van der Waals surface area contributed by atoms with Crippen molar-refractivity contribution in [1.29, 1.82) is 0 Å². The Balaban J connectivity index is 2.15. The molecule has 0 aliphatic heterocycles. The van der Waals surface area contributed by atoms with Crippen LogP contribution in [-0.2, 0) is 11.3 Å². The van der Waals surface area contributed by atoms with E-state index in [4.69, 9.17) is 11.6 Å². The number of halogens is 1. The minimum Gasteiger partial charge on any atom is -0.508 e. The monoisotopic (exact) mass is 281 g/mol. The van der Waals surface area contributed by atoms with Crippen molar-refractivity contribution in [1.82, 2.24) is 4.90 Å². The first kappa shape index (κ1) is 14.2. The lowest BCUT2D eigenvalue weighted by molar-refractivity contribution is -0.140. The van der Waals surface area contributed by atoms with Crippen molar-refractivity contribution in [3.8, 4) is 5.75 Å². The fraction of sp³-hybridized carbons (Fsp3) is 0.533. The molecule has 0 spiro atoms. The first-order valence-corrected chi connectivity index (χ1v) is 7.12. The van der Waals surface area contributed by atoms with Crippen LogP contribution in [-0.4, -0.2) is 27.8 Å². The quantitative estimate of drug-likeness (QED) is 0.842. The summed E-state index contributed by atoms with van der Waals surface area (Å²) in [6, 6.07) is 7.40. The van der Waals surface area contributed by atoms with Crippen molar-refractivity contribution < 1.29 is 9.90 Å². The zero-order valence-electron chi connectivity index (χ0n) is 11.4. The standard InChI is InChI=1S/C15H20ClNO2/c1-15(2,10-16)14(19)17(12-6-7-12)9-11-4-3-5-13(18)8-11/h3-5,8,12,18H,6-7,9-10H2,1-2H3. The molecule has 0 unspecified atom stereocenters. The topological polar surface area (TPSA) is 40.5 Å². The van der Waals surface area contributed by atoms with Crippen molar-refractivity contribution in [3.05, 3.63) is 29.8 Å². The lowest BCUT2D eigenvalue weighted by Gasteiger charge is -2.31. The molecule has 3 nitrogen and oxygen atoms in total. The van der Waals surface area contributed by atoms with E-state index in [1.807, 2.05) is 24.8 Å². The summed E-state index contributed by atoms with van der Waals surface area (Å²) in [5.74, 6) is 0.639. The smallest absolute Gasteiger partial charge is 0.229 e. The molecular formula is C15H20ClNO2. The summed E-state index contributed by atoms with van der Waals surface area (Å²) in [4.78, 5) is 14.4. The molecule has 0 bridgehead atoms. The van der Waals surface area contributed by atoms with Gasteiger partial charge in [-0.25, -0.2) is 0 Å². The summed E-state index contributed by atoms with van der Waals surface area (Å²) in [7, 11) is 0. The minimum atomic E-state index is -0.541. The maximum absolute atomic E-state index is 12.5. The van der Waals surface area contributed by atoms with Crippen molar-refractivity contribution in [2.45, 2.75) is 39.3 Å². The highest BCUT2D eigenvalue weighted by Crippen LogP contribution is 2.33. The molecule has 1 saturated carbocycles. The molecule has 4 heteroatoms. The zero-order valence-corrected chi connectivity index (χ0v) is 12.2. The lowest BCUT2D eigenvalue weighted by Crippen LogP contribution is -2.42. The molecule has 0 radical (unpaired) electrons. The van der Waals surface area contributed by atoms with Crippen LogP contribution in [0.5, 0.6) is 5.75 Å². The molecule has 0 atom stereocenters. The minimum absolute atomic E-state index is 0.0911. The molecule has 1 aromatic carbocycles. The lowest BCUT2D eigenvalue weighted by atomic mass is 9.94. The van der Waals surface area contributed by atoms with Crippen LogP contribution in [0, 0.1) is 5.41 Å². The highest BCUT2D eigenvalue weighted by Gasteiger charge is 2.39. The number of nitrogens with zero attached hydrogens (tertiary/aromatic N) is 1. The summed E-state index contributed by atoms with van der Waals surface area (Å²) in [6.45, 7) is 4.29. The molecule has 1 aromatic rings. The van der Waals surface area contributed by atoms with Gasteiger partial charge in [0.15, 0.2) is 0 Å². The Morgan fingerprint density at radius 1 is 1.47 bits per heavy atom. The Kier molecular flexibility index (Phi) is 4.04. The van der Waals surface area contributed by atoms with Crippen molar-refractivity contribution in [2.24, 2.45) is 5.41 Å². The van der Waals surface area contributed by atoms with Crippen LogP contribution in [0.2, 0.25) is 0 Å². The Morgan fingerprint density at radius 2 is 2.16 bits per heavy atom. The van der Waals surface area contributed by atoms with E-state index in [1.54, 1.807) is 18.2 Å². The third-order valence-electron chi connectivity index (χ3n) is 3.43. The number of rotatable bonds is 5. The van der Waals surface area contributed by atoms with Crippen LogP contribution in [0.25, 0.3) is 0 Å². The summed E-state index contributed by atoms with van der Waals surface area (Å²) < 4.78 is 0. The van der Waals surface area contributed by atoms with Gasteiger partial charge in [-0.05, 0) is 44.4 Å². The number of hydrogen-bond donors (Lipinski definition) is 1. The summed E-state index contributed by atoms with van der Waals surface area (Å²) >= 11 is 5.90. The van der Waals surface area contributed by atoms with Gasteiger partial charge >= 0.3 is 0 Å². The van der Waals surface area contributed by atoms with Crippen LogP contribution in [0.15, 0.2) is 24.3 Å². The van der Waals surface area contributed by atoms with E-state index in [1.165, 1.54) is 0 Å². The molecule has 0 aromatic heterocycles. The number of phenols is 1. The molecule has 104 valence electrons. The second-order valence-corrected chi connectivity index (χ2v) is 6.12. The van der Waals surface area contributed by atoms with E-state index in [0.717, 1.165) is 18.4 Å². The number of hydrogen-bond acceptors (Lipinski definition) is 2. The van der Waals surface area contributed by atoms with Crippen molar-refractivity contribution in [3.63, 3.8) is 0 Å². The van der Waals surface area contributed by atoms with Crippen LogP contribution in [0.3, 0.4) is 0 Å². The van der Waals surface area contributed by atoms with Crippen molar-refractivity contribution in [2.75, 3.05) is 5.88 Å². The van der Waals surface area contributed by atoms with Gasteiger partial charge in [-0.2, -0.15) is 0 Å². The fourth-order valence-electron chi connectivity index (χ4n) is 2.05. The van der Waals surface area contributed by atoms with Crippen LogP contribution in [0.4, 0.5) is 0 Å². The SMILES string of the molecule is CC(C)(CCl)C(=O)N(Cc1cccc(O)c1)C1CC1. The normalized spacial score (nSPS) is 15.3. The van der Waals surface area contributed by atoms with Gasteiger partial charge in [0.25, 0.3) is 0 Å².